The first-order valence-corrected chi connectivity index (χ1v) is 12.3. The minimum atomic E-state index is -0.498. The maximum atomic E-state index is 12.8. The van der Waals surface area contributed by atoms with Crippen LogP contribution in [0.1, 0.15) is 37.0 Å². The second kappa shape index (κ2) is 11.3. The molecular weight excluding hydrogens is 440 g/mol. The molecule has 1 aliphatic heterocycles. The number of hydrogen-bond donors (Lipinski definition) is 1. The first-order chi connectivity index (χ1) is 16.9. The van der Waals surface area contributed by atoms with Gasteiger partial charge in [-0.2, -0.15) is 0 Å². The van der Waals surface area contributed by atoms with Crippen LogP contribution in [0.2, 0.25) is 0 Å². The third kappa shape index (κ3) is 6.79. The lowest BCUT2D eigenvalue weighted by Crippen LogP contribution is -2.43. The Balaban J connectivity index is 1.32. The lowest BCUT2D eigenvalue weighted by atomic mass is 9.91. The predicted octanol–water partition coefficient (Wildman–Crippen LogP) is 2.85. The number of rotatable bonds is 8. The van der Waals surface area contributed by atoms with Crippen molar-refractivity contribution in [3.63, 3.8) is 0 Å². The van der Waals surface area contributed by atoms with E-state index in [9.17, 15) is 14.4 Å². The maximum Gasteiger partial charge on any atom is 0.331 e. The minimum absolute atomic E-state index is 0.309. The third-order valence-electron chi connectivity index (χ3n) is 6.50. The number of nitrogens with one attached hydrogen (secondary N) is 1. The highest BCUT2D eigenvalue weighted by Gasteiger charge is 2.21. The molecule has 7 nitrogen and oxygen atoms in total. The number of likely N-dealkylation sites (tertiary alicyclic amines) is 1. The van der Waals surface area contributed by atoms with Gasteiger partial charge in [0, 0.05) is 38.4 Å². The molecule has 2 unspecified atom stereocenters. The van der Waals surface area contributed by atoms with Gasteiger partial charge in [-0.1, -0.05) is 68.4 Å². The van der Waals surface area contributed by atoms with Gasteiger partial charge in [-0.15, -0.1) is 0 Å². The molecule has 35 heavy (non-hydrogen) atoms. The number of benzene rings is 2. The van der Waals surface area contributed by atoms with E-state index in [0.717, 1.165) is 47.2 Å². The summed E-state index contributed by atoms with van der Waals surface area (Å²) in [6, 6.07) is 19.1. The van der Waals surface area contributed by atoms with Crippen molar-refractivity contribution in [3.05, 3.63) is 104 Å². The van der Waals surface area contributed by atoms with Gasteiger partial charge in [-0.25, -0.2) is 4.79 Å². The van der Waals surface area contributed by atoms with Crippen molar-refractivity contribution >= 4 is 5.91 Å². The Morgan fingerprint density at radius 1 is 0.857 bits per heavy atom. The van der Waals surface area contributed by atoms with Crippen LogP contribution in [-0.4, -0.2) is 33.0 Å². The zero-order chi connectivity index (χ0) is 24.8. The average Bonchev–Trinajstić information content (AvgIpc) is 2.83. The zero-order valence-corrected chi connectivity index (χ0v) is 20.5. The lowest BCUT2D eigenvalue weighted by Gasteiger charge is -2.35. The van der Waals surface area contributed by atoms with Crippen LogP contribution in [0.25, 0.3) is 0 Å². The van der Waals surface area contributed by atoms with Crippen molar-refractivity contribution in [2.45, 2.75) is 46.4 Å². The van der Waals surface area contributed by atoms with Crippen molar-refractivity contribution in [2.75, 3.05) is 13.1 Å². The van der Waals surface area contributed by atoms with Crippen LogP contribution in [0.15, 0.2) is 76.4 Å². The van der Waals surface area contributed by atoms with E-state index >= 15 is 0 Å². The first kappa shape index (κ1) is 24.7. The quantitative estimate of drug-likeness (QED) is 0.545. The first-order valence-electron chi connectivity index (χ1n) is 12.3. The van der Waals surface area contributed by atoms with E-state index in [1.54, 1.807) is 0 Å². The summed E-state index contributed by atoms with van der Waals surface area (Å²) in [7, 11) is 0. The molecule has 2 atom stereocenters. The second-order valence-electron chi connectivity index (χ2n) is 9.87. The van der Waals surface area contributed by atoms with Crippen molar-refractivity contribution in [1.29, 1.82) is 0 Å². The van der Waals surface area contributed by atoms with Crippen molar-refractivity contribution in [3.8, 4) is 0 Å². The molecule has 0 aliphatic carbocycles. The Kier molecular flexibility index (Phi) is 7.98. The topological polar surface area (TPSA) is 76.3 Å². The van der Waals surface area contributed by atoms with Gasteiger partial charge in [-0.3, -0.25) is 23.6 Å². The summed E-state index contributed by atoms with van der Waals surface area (Å²) in [4.78, 5) is 40.1. The molecule has 1 aromatic heterocycles. The number of carbonyl (C=O) groups is 1. The molecule has 1 N–H and O–H groups in total. The van der Waals surface area contributed by atoms with Gasteiger partial charge in [0.2, 0.25) is 5.91 Å². The van der Waals surface area contributed by atoms with Crippen LogP contribution in [0, 0.1) is 11.8 Å². The molecule has 1 aliphatic rings. The summed E-state index contributed by atoms with van der Waals surface area (Å²) in [6.07, 6.45) is 2.77. The Labute approximate surface area is 206 Å². The van der Waals surface area contributed by atoms with Gasteiger partial charge in [0.25, 0.3) is 5.56 Å². The molecular formula is C28H34N4O3. The van der Waals surface area contributed by atoms with E-state index in [2.05, 4.69) is 36.2 Å². The van der Waals surface area contributed by atoms with Crippen LogP contribution in [-0.2, 0) is 31.0 Å². The van der Waals surface area contributed by atoms with Gasteiger partial charge in [-0.05, 0) is 34.9 Å². The fourth-order valence-electron chi connectivity index (χ4n) is 4.94. The molecule has 0 radical (unpaired) electrons. The van der Waals surface area contributed by atoms with Gasteiger partial charge < -0.3 is 5.32 Å². The minimum Gasteiger partial charge on any atom is -0.350 e. The van der Waals surface area contributed by atoms with Crippen molar-refractivity contribution in [2.24, 2.45) is 11.8 Å². The van der Waals surface area contributed by atoms with Gasteiger partial charge in [0.1, 0.15) is 6.54 Å². The molecule has 4 rings (SSSR count). The SMILES string of the molecule is CC1CC(C)CN(Cc2ccc(CNC(=O)Cn3c(=O)ccn(Cc4ccccc4)c3=O)cc2)C1. The summed E-state index contributed by atoms with van der Waals surface area (Å²) in [5, 5.41) is 2.83. The molecule has 0 saturated carbocycles. The number of piperidine rings is 1. The van der Waals surface area contributed by atoms with E-state index in [0.29, 0.717) is 13.1 Å². The average molecular weight is 475 g/mol. The number of carbonyl (C=O) groups excluding carboxylic acids is 1. The highest BCUT2D eigenvalue weighted by Crippen LogP contribution is 2.22. The maximum absolute atomic E-state index is 12.8. The molecule has 2 aromatic carbocycles. The molecule has 2 heterocycles. The van der Waals surface area contributed by atoms with Crippen LogP contribution in [0.3, 0.4) is 0 Å². The molecule has 1 fully saturated rings. The van der Waals surface area contributed by atoms with E-state index in [4.69, 9.17) is 0 Å². The normalized spacial score (nSPS) is 18.3. The summed E-state index contributed by atoms with van der Waals surface area (Å²) in [5.41, 5.74) is 2.19. The van der Waals surface area contributed by atoms with Crippen molar-refractivity contribution < 1.29 is 4.79 Å². The Bertz CT molecular complexity index is 1240. The predicted molar refractivity (Wildman–Crippen MR) is 137 cm³/mol. The van der Waals surface area contributed by atoms with Crippen LogP contribution in [0.5, 0.6) is 0 Å². The fraction of sp³-hybridized carbons (Fsp3) is 0.393. The number of nitrogens with zero attached hydrogens (tertiary/aromatic N) is 3. The van der Waals surface area contributed by atoms with Crippen LogP contribution < -0.4 is 16.6 Å². The standard InChI is InChI=1S/C28H34N4O3/c1-21-14-22(2)17-30(16-21)18-25-10-8-23(9-11-25)15-29-26(33)20-32-27(34)12-13-31(28(32)35)19-24-6-4-3-5-7-24/h3-13,21-22H,14-20H2,1-2H3,(H,29,33). The summed E-state index contributed by atoms with van der Waals surface area (Å²) < 4.78 is 2.41. The third-order valence-corrected chi connectivity index (χ3v) is 6.50. The smallest absolute Gasteiger partial charge is 0.331 e. The van der Waals surface area contributed by atoms with E-state index in [1.165, 1.54) is 28.8 Å². The van der Waals surface area contributed by atoms with Gasteiger partial charge in [0.15, 0.2) is 0 Å². The largest absolute Gasteiger partial charge is 0.350 e. The molecule has 3 aromatic rings. The molecule has 184 valence electrons. The second-order valence-corrected chi connectivity index (χ2v) is 9.87. The molecule has 7 heteroatoms. The Morgan fingerprint density at radius 3 is 2.17 bits per heavy atom. The summed E-state index contributed by atoms with van der Waals surface area (Å²) >= 11 is 0. The lowest BCUT2D eigenvalue weighted by molar-refractivity contribution is -0.121. The van der Waals surface area contributed by atoms with E-state index in [1.807, 2.05) is 42.5 Å². The zero-order valence-electron chi connectivity index (χ0n) is 20.5. The van der Waals surface area contributed by atoms with Crippen LogP contribution >= 0.6 is 0 Å². The monoisotopic (exact) mass is 474 g/mol. The highest BCUT2D eigenvalue weighted by molar-refractivity contribution is 5.75. The molecule has 1 amide bonds. The van der Waals surface area contributed by atoms with Gasteiger partial charge in [0.05, 0.1) is 6.54 Å². The van der Waals surface area contributed by atoms with E-state index in [-0.39, 0.29) is 12.5 Å². The molecule has 1 saturated heterocycles. The highest BCUT2D eigenvalue weighted by atomic mass is 16.2. The number of amides is 1. The molecule has 0 bridgehead atoms. The summed E-state index contributed by atoms with van der Waals surface area (Å²) in [6.45, 7) is 8.21. The Morgan fingerprint density at radius 2 is 1.49 bits per heavy atom. The van der Waals surface area contributed by atoms with Crippen LogP contribution in [0.4, 0.5) is 0 Å². The Hall–Kier alpha value is -3.45. The van der Waals surface area contributed by atoms with E-state index < -0.39 is 11.2 Å². The number of aromatic nitrogens is 2. The molecule has 0 spiro atoms. The number of hydrogen-bond acceptors (Lipinski definition) is 4. The summed E-state index contributed by atoms with van der Waals surface area (Å²) in [5.74, 6) is 1.09. The van der Waals surface area contributed by atoms with Gasteiger partial charge >= 0.3 is 5.69 Å². The van der Waals surface area contributed by atoms with Crippen molar-refractivity contribution in [1.82, 2.24) is 19.4 Å². The fourth-order valence-corrected chi connectivity index (χ4v) is 4.94.